The maximum atomic E-state index is 6.83. The predicted octanol–water partition coefficient (Wildman–Crippen LogP) is 12.6. The number of ether oxygens (including phenoxy) is 1. The molecule has 11 rings (SSSR count). The van der Waals surface area contributed by atoms with Gasteiger partial charge in [0.05, 0.1) is 0 Å². The molecule has 0 unspecified atom stereocenters. The van der Waals surface area contributed by atoms with Crippen LogP contribution in [0.5, 0.6) is 11.5 Å². The maximum Gasteiger partial charge on any atom is 0.242 e. The van der Waals surface area contributed by atoms with Crippen LogP contribution in [0.4, 0.5) is 17.1 Å². The first-order chi connectivity index (χ1) is 28.3. The van der Waals surface area contributed by atoms with Crippen LogP contribution in [0.3, 0.4) is 0 Å². The van der Waals surface area contributed by atoms with Gasteiger partial charge in [0.25, 0.3) is 0 Å². The molecule has 266 valence electrons. The SMILES string of the molecule is c1ccc(B(c2ccccc2)c2cc3c4cccc5c4c(cc3c3ccccc23)-c2ccc(-c3ccc(N(c4ccccc4)c4ccccc4)cc3)cc2O5)cc1. The van der Waals surface area contributed by atoms with E-state index in [1.54, 1.807) is 0 Å². The minimum absolute atomic E-state index is 0.0803. The van der Waals surface area contributed by atoms with Crippen molar-refractivity contribution in [3.63, 3.8) is 0 Å². The Balaban J connectivity index is 1.04. The Morgan fingerprint density at radius 1 is 0.333 bits per heavy atom. The van der Waals surface area contributed by atoms with E-state index in [0.717, 1.165) is 50.6 Å². The van der Waals surface area contributed by atoms with E-state index in [9.17, 15) is 0 Å². The van der Waals surface area contributed by atoms with Gasteiger partial charge in [0, 0.05) is 28.0 Å². The molecule has 0 bridgehead atoms. The summed E-state index contributed by atoms with van der Waals surface area (Å²) in [5.74, 6) is 1.77. The third kappa shape index (κ3) is 5.67. The highest BCUT2D eigenvalue weighted by atomic mass is 16.5. The van der Waals surface area contributed by atoms with Gasteiger partial charge in [-0.3, -0.25) is 0 Å². The number of para-hydroxylation sites is 2. The molecule has 0 saturated heterocycles. The molecule has 0 atom stereocenters. The highest BCUT2D eigenvalue weighted by molar-refractivity contribution is 6.97. The van der Waals surface area contributed by atoms with Gasteiger partial charge in [0.15, 0.2) is 0 Å². The Morgan fingerprint density at radius 3 is 1.51 bits per heavy atom. The lowest BCUT2D eigenvalue weighted by Gasteiger charge is -2.26. The summed E-state index contributed by atoms with van der Waals surface area (Å²) < 4.78 is 6.83. The van der Waals surface area contributed by atoms with Crippen molar-refractivity contribution in [2.75, 3.05) is 4.90 Å². The topological polar surface area (TPSA) is 12.5 Å². The molecule has 0 N–H and O–H groups in total. The summed E-state index contributed by atoms with van der Waals surface area (Å²) in [4.78, 5) is 2.29. The normalized spacial score (nSPS) is 11.6. The summed E-state index contributed by atoms with van der Waals surface area (Å²) in [5.41, 5.74) is 11.8. The summed E-state index contributed by atoms with van der Waals surface area (Å²) in [7, 11) is 0. The quantitative estimate of drug-likeness (QED) is 0.120. The molecule has 10 aromatic rings. The lowest BCUT2D eigenvalue weighted by molar-refractivity contribution is 0.487. The van der Waals surface area contributed by atoms with Gasteiger partial charge in [-0.05, 0) is 104 Å². The number of hydrogen-bond donors (Lipinski definition) is 0. The van der Waals surface area contributed by atoms with Crippen LogP contribution in [0.2, 0.25) is 0 Å². The molecule has 0 radical (unpaired) electrons. The Morgan fingerprint density at radius 2 is 0.860 bits per heavy atom. The number of nitrogens with zero attached hydrogens (tertiary/aromatic N) is 1. The molecule has 1 aliphatic rings. The molecular weight excluding hydrogens is 689 g/mol. The number of fused-ring (bicyclic) bond motifs is 6. The molecule has 1 heterocycles. The second-order valence-electron chi connectivity index (χ2n) is 14.8. The van der Waals surface area contributed by atoms with Crippen LogP contribution in [0.15, 0.2) is 218 Å². The van der Waals surface area contributed by atoms with E-state index in [1.165, 1.54) is 48.9 Å². The molecule has 10 aromatic carbocycles. The fourth-order valence-electron chi connectivity index (χ4n) is 8.96. The summed E-state index contributed by atoms with van der Waals surface area (Å²) in [6, 6.07) is 78.7. The Labute approximate surface area is 333 Å². The van der Waals surface area contributed by atoms with Gasteiger partial charge in [0.1, 0.15) is 11.5 Å². The largest absolute Gasteiger partial charge is 0.456 e. The zero-order valence-electron chi connectivity index (χ0n) is 31.2. The first kappa shape index (κ1) is 33.0. The molecule has 3 heteroatoms. The van der Waals surface area contributed by atoms with Crippen LogP contribution in [0, 0.1) is 0 Å². The van der Waals surface area contributed by atoms with Gasteiger partial charge in [-0.25, -0.2) is 0 Å². The smallest absolute Gasteiger partial charge is 0.242 e. The fourth-order valence-corrected chi connectivity index (χ4v) is 8.96. The van der Waals surface area contributed by atoms with Gasteiger partial charge in [-0.15, -0.1) is 0 Å². The number of hydrogen-bond acceptors (Lipinski definition) is 2. The van der Waals surface area contributed by atoms with Crippen LogP contribution in [-0.2, 0) is 0 Å². The second kappa shape index (κ2) is 13.7. The molecule has 1 aliphatic heterocycles. The summed E-state index contributed by atoms with van der Waals surface area (Å²) in [5, 5.41) is 7.39. The van der Waals surface area contributed by atoms with E-state index in [2.05, 4.69) is 223 Å². The Bertz CT molecular complexity index is 3000. The lowest BCUT2D eigenvalue weighted by Crippen LogP contribution is -2.52. The van der Waals surface area contributed by atoms with Crippen molar-refractivity contribution < 1.29 is 4.74 Å². The van der Waals surface area contributed by atoms with E-state index in [1.807, 2.05) is 0 Å². The third-order valence-corrected chi connectivity index (χ3v) is 11.5. The fraction of sp³-hybridized carbons (Fsp3) is 0. The minimum atomic E-state index is 0.0803. The highest BCUT2D eigenvalue weighted by Gasteiger charge is 2.27. The van der Waals surface area contributed by atoms with Crippen LogP contribution in [-0.4, -0.2) is 6.71 Å². The predicted molar refractivity (Wildman–Crippen MR) is 242 cm³/mol. The highest BCUT2D eigenvalue weighted by Crippen LogP contribution is 2.50. The van der Waals surface area contributed by atoms with E-state index < -0.39 is 0 Å². The number of anilines is 3. The minimum Gasteiger partial charge on any atom is -0.456 e. The average Bonchev–Trinajstić information content (AvgIpc) is 3.28. The zero-order valence-corrected chi connectivity index (χ0v) is 31.2. The van der Waals surface area contributed by atoms with Crippen molar-refractivity contribution in [1.82, 2.24) is 0 Å². The van der Waals surface area contributed by atoms with Crippen LogP contribution in [0.1, 0.15) is 0 Å². The van der Waals surface area contributed by atoms with Crippen molar-refractivity contribution in [3.05, 3.63) is 218 Å². The molecule has 2 nitrogen and oxygen atoms in total. The molecule has 0 aliphatic carbocycles. The van der Waals surface area contributed by atoms with Gasteiger partial charge >= 0.3 is 0 Å². The standard InChI is InChI=1S/C54H36BNO/c1-5-16-39(17-6-1)55(40-18-7-2-8-19-40)51-36-49-47-26-15-27-52-54(47)50(35-48(49)44-24-13-14-25-45(44)51)46-33-30-38(34-53(46)57-52)37-28-31-43(32-29-37)56(41-20-9-3-10-21-41)42-22-11-4-12-23-42/h1-36H. The molecule has 0 fully saturated rings. The lowest BCUT2D eigenvalue weighted by atomic mass is 9.36. The third-order valence-electron chi connectivity index (χ3n) is 11.5. The Hall–Kier alpha value is -7.36. The van der Waals surface area contributed by atoms with Crippen LogP contribution in [0.25, 0.3) is 54.6 Å². The molecule has 57 heavy (non-hydrogen) atoms. The van der Waals surface area contributed by atoms with Crippen molar-refractivity contribution >= 4 is 72.5 Å². The summed E-state index contributed by atoms with van der Waals surface area (Å²) in [6.45, 7) is 0.0803. The zero-order chi connectivity index (χ0) is 37.7. The molecule has 0 spiro atoms. The Kier molecular flexibility index (Phi) is 7.96. The van der Waals surface area contributed by atoms with Crippen molar-refractivity contribution in [3.8, 4) is 33.8 Å². The molecule has 0 saturated carbocycles. The van der Waals surface area contributed by atoms with Crippen molar-refractivity contribution in [2.24, 2.45) is 0 Å². The van der Waals surface area contributed by atoms with Gasteiger partial charge in [-0.1, -0.05) is 174 Å². The van der Waals surface area contributed by atoms with Gasteiger partial charge in [0.2, 0.25) is 6.71 Å². The maximum absolute atomic E-state index is 6.83. The van der Waals surface area contributed by atoms with E-state index in [0.29, 0.717) is 0 Å². The van der Waals surface area contributed by atoms with Crippen LogP contribution < -0.4 is 26.0 Å². The van der Waals surface area contributed by atoms with E-state index in [4.69, 9.17) is 4.74 Å². The van der Waals surface area contributed by atoms with Crippen LogP contribution >= 0.6 is 0 Å². The van der Waals surface area contributed by atoms with Crippen molar-refractivity contribution in [1.29, 1.82) is 0 Å². The van der Waals surface area contributed by atoms with Gasteiger partial charge in [-0.2, -0.15) is 0 Å². The van der Waals surface area contributed by atoms with E-state index >= 15 is 0 Å². The van der Waals surface area contributed by atoms with Crippen molar-refractivity contribution in [2.45, 2.75) is 0 Å². The van der Waals surface area contributed by atoms with E-state index in [-0.39, 0.29) is 6.71 Å². The number of benzene rings is 10. The second-order valence-corrected chi connectivity index (χ2v) is 14.8. The monoisotopic (exact) mass is 725 g/mol. The molecule has 0 amide bonds. The summed E-state index contributed by atoms with van der Waals surface area (Å²) in [6.07, 6.45) is 0. The number of rotatable bonds is 7. The molecular formula is C54H36BNO. The summed E-state index contributed by atoms with van der Waals surface area (Å²) >= 11 is 0. The molecule has 0 aromatic heterocycles. The first-order valence-corrected chi connectivity index (χ1v) is 19.6. The average molecular weight is 726 g/mol. The van der Waals surface area contributed by atoms with Gasteiger partial charge < -0.3 is 9.64 Å². The first-order valence-electron chi connectivity index (χ1n) is 19.6.